The molecule has 0 bridgehead atoms. The van der Waals surface area contributed by atoms with Crippen LogP contribution in [0.5, 0.6) is 0 Å². The van der Waals surface area contributed by atoms with Crippen LogP contribution in [0.25, 0.3) is 0 Å². The molecular formula is C12H25ClN2O. The zero-order valence-electron chi connectivity index (χ0n) is 10.8. The van der Waals surface area contributed by atoms with Gasteiger partial charge < -0.3 is 10.6 Å². The van der Waals surface area contributed by atoms with Gasteiger partial charge in [0.25, 0.3) is 0 Å². The van der Waals surface area contributed by atoms with E-state index in [1.807, 2.05) is 6.92 Å². The van der Waals surface area contributed by atoms with E-state index in [0.717, 1.165) is 25.9 Å². The second-order valence-corrected chi connectivity index (χ2v) is 5.62. The normalized spacial score (nSPS) is 19.8. The Morgan fingerprint density at radius 1 is 1.31 bits per heavy atom. The van der Waals surface area contributed by atoms with Crippen LogP contribution < -0.4 is 10.6 Å². The molecule has 16 heavy (non-hydrogen) atoms. The zero-order valence-corrected chi connectivity index (χ0v) is 11.6. The van der Waals surface area contributed by atoms with Crippen LogP contribution in [-0.2, 0) is 4.79 Å². The van der Waals surface area contributed by atoms with Crippen LogP contribution in [-0.4, -0.2) is 25.0 Å². The summed E-state index contributed by atoms with van der Waals surface area (Å²) in [5, 5.41) is 6.44. The van der Waals surface area contributed by atoms with E-state index < -0.39 is 0 Å². The Balaban J connectivity index is 0.00000225. The smallest absolute Gasteiger partial charge is 0.223 e. The van der Waals surface area contributed by atoms with Crippen LogP contribution in [0.2, 0.25) is 0 Å². The van der Waals surface area contributed by atoms with Crippen molar-refractivity contribution in [1.82, 2.24) is 10.6 Å². The maximum atomic E-state index is 11.9. The van der Waals surface area contributed by atoms with Crippen molar-refractivity contribution in [1.29, 1.82) is 0 Å². The lowest BCUT2D eigenvalue weighted by molar-refractivity contribution is -0.128. The molecule has 1 atom stereocenters. The first kappa shape index (κ1) is 15.7. The highest BCUT2D eigenvalue weighted by Crippen LogP contribution is 2.25. The predicted molar refractivity (Wildman–Crippen MR) is 69.9 cm³/mol. The van der Waals surface area contributed by atoms with E-state index in [1.54, 1.807) is 0 Å². The van der Waals surface area contributed by atoms with Gasteiger partial charge in [0.1, 0.15) is 0 Å². The molecule has 1 aliphatic rings. The lowest BCUT2D eigenvalue weighted by Crippen LogP contribution is -2.46. The van der Waals surface area contributed by atoms with Crippen molar-refractivity contribution in [3.05, 3.63) is 0 Å². The molecule has 2 N–H and O–H groups in total. The average molecular weight is 249 g/mol. The van der Waals surface area contributed by atoms with Gasteiger partial charge in [-0.3, -0.25) is 4.79 Å². The van der Waals surface area contributed by atoms with E-state index in [2.05, 4.69) is 31.4 Å². The van der Waals surface area contributed by atoms with Gasteiger partial charge in [-0.2, -0.15) is 0 Å². The molecule has 1 heterocycles. The van der Waals surface area contributed by atoms with Crippen molar-refractivity contribution < 1.29 is 4.79 Å². The summed E-state index contributed by atoms with van der Waals surface area (Å²) in [5.41, 5.74) is 0.0526. The van der Waals surface area contributed by atoms with Gasteiger partial charge in [-0.05, 0) is 31.3 Å². The van der Waals surface area contributed by atoms with E-state index in [0.29, 0.717) is 6.04 Å². The number of hydrogen-bond donors (Lipinski definition) is 2. The van der Waals surface area contributed by atoms with Crippen LogP contribution in [0.15, 0.2) is 0 Å². The fraction of sp³-hybridized carbons (Fsp3) is 0.917. The third kappa shape index (κ3) is 4.71. The van der Waals surface area contributed by atoms with E-state index >= 15 is 0 Å². The van der Waals surface area contributed by atoms with E-state index in [1.165, 1.54) is 0 Å². The summed E-state index contributed by atoms with van der Waals surface area (Å²) >= 11 is 0. The summed E-state index contributed by atoms with van der Waals surface area (Å²) in [7, 11) is 0. The molecule has 1 rings (SSSR count). The maximum absolute atomic E-state index is 11.9. The molecule has 0 aromatic heterocycles. The molecule has 1 aliphatic heterocycles. The van der Waals surface area contributed by atoms with Crippen LogP contribution in [0.1, 0.15) is 40.5 Å². The van der Waals surface area contributed by atoms with Gasteiger partial charge in [-0.25, -0.2) is 0 Å². The number of rotatable bonds is 2. The number of halogens is 1. The minimum atomic E-state index is 0. The second-order valence-electron chi connectivity index (χ2n) is 5.62. The quantitative estimate of drug-likeness (QED) is 0.785. The van der Waals surface area contributed by atoms with Crippen molar-refractivity contribution in [3.8, 4) is 0 Å². The van der Waals surface area contributed by atoms with Gasteiger partial charge in [0.2, 0.25) is 5.91 Å². The fourth-order valence-electron chi connectivity index (χ4n) is 1.69. The van der Waals surface area contributed by atoms with Crippen molar-refractivity contribution in [2.75, 3.05) is 13.1 Å². The highest BCUT2D eigenvalue weighted by atomic mass is 35.5. The van der Waals surface area contributed by atoms with Crippen LogP contribution in [0.4, 0.5) is 0 Å². The summed E-state index contributed by atoms with van der Waals surface area (Å²) in [4.78, 5) is 11.9. The SMILES string of the molecule is CC(C(=O)NC1CCNCC1)C(C)(C)C.Cl. The Labute approximate surface area is 105 Å². The molecule has 0 aromatic carbocycles. The van der Waals surface area contributed by atoms with Gasteiger partial charge in [-0.15, -0.1) is 12.4 Å². The van der Waals surface area contributed by atoms with Crippen LogP contribution in [0.3, 0.4) is 0 Å². The summed E-state index contributed by atoms with van der Waals surface area (Å²) in [5.74, 6) is 0.279. The first-order chi connectivity index (χ1) is 6.91. The molecule has 0 saturated carbocycles. The number of nitrogens with one attached hydrogen (secondary N) is 2. The Kier molecular flexibility index (Phi) is 6.34. The fourth-order valence-corrected chi connectivity index (χ4v) is 1.69. The third-order valence-electron chi connectivity index (χ3n) is 3.38. The first-order valence-electron chi connectivity index (χ1n) is 5.92. The zero-order chi connectivity index (χ0) is 11.5. The lowest BCUT2D eigenvalue weighted by atomic mass is 9.81. The van der Waals surface area contributed by atoms with E-state index in [9.17, 15) is 4.79 Å². The van der Waals surface area contributed by atoms with Crippen molar-refractivity contribution in [2.24, 2.45) is 11.3 Å². The van der Waals surface area contributed by atoms with Crippen molar-refractivity contribution in [3.63, 3.8) is 0 Å². The summed E-state index contributed by atoms with van der Waals surface area (Å²) in [6.45, 7) is 10.4. The Bertz CT molecular complexity index is 220. The molecular weight excluding hydrogens is 224 g/mol. The molecule has 96 valence electrons. The first-order valence-corrected chi connectivity index (χ1v) is 5.92. The Morgan fingerprint density at radius 2 is 1.81 bits per heavy atom. The highest BCUT2D eigenvalue weighted by Gasteiger charge is 2.28. The largest absolute Gasteiger partial charge is 0.353 e. The monoisotopic (exact) mass is 248 g/mol. The van der Waals surface area contributed by atoms with Gasteiger partial charge in [0.15, 0.2) is 0 Å². The predicted octanol–water partition coefficient (Wildman–Crippen LogP) is 1.96. The highest BCUT2D eigenvalue weighted by molar-refractivity contribution is 5.85. The van der Waals surface area contributed by atoms with Gasteiger partial charge >= 0.3 is 0 Å². The molecule has 0 aromatic rings. The molecule has 1 fully saturated rings. The van der Waals surface area contributed by atoms with Crippen molar-refractivity contribution in [2.45, 2.75) is 46.6 Å². The number of carbonyl (C=O) groups is 1. The van der Waals surface area contributed by atoms with Crippen LogP contribution in [0, 0.1) is 11.3 Å². The second kappa shape index (κ2) is 6.45. The number of amides is 1. The summed E-state index contributed by atoms with van der Waals surface area (Å²) in [6.07, 6.45) is 2.12. The molecule has 1 saturated heterocycles. The summed E-state index contributed by atoms with van der Waals surface area (Å²) < 4.78 is 0. The topological polar surface area (TPSA) is 41.1 Å². The maximum Gasteiger partial charge on any atom is 0.223 e. The minimum Gasteiger partial charge on any atom is -0.353 e. The number of carbonyl (C=O) groups excluding carboxylic acids is 1. The number of piperidine rings is 1. The van der Waals surface area contributed by atoms with Crippen molar-refractivity contribution >= 4 is 18.3 Å². The standard InChI is InChI=1S/C12H24N2O.ClH/c1-9(12(2,3)4)11(15)14-10-5-7-13-8-6-10;/h9-10,13H,5-8H2,1-4H3,(H,14,15);1H. The minimum absolute atomic E-state index is 0. The van der Waals surface area contributed by atoms with E-state index in [4.69, 9.17) is 0 Å². The Morgan fingerprint density at radius 3 is 2.25 bits per heavy atom. The molecule has 0 aliphatic carbocycles. The van der Waals surface area contributed by atoms with Gasteiger partial charge in [0.05, 0.1) is 0 Å². The lowest BCUT2D eigenvalue weighted by Gasteiger charge is -2.30. The Hall–Kier alpha value is -0.280. The molecule has 1 amide bonds. The molecule has 1 unspecified atom stereocenters. The van der Waals surface area contributed by atoms with Gasteiger partial charge in [-0.1, -0.05) is 27.7 Å². The van der Waals surface area contributed by atoms with E-state index in [-0.39, 0.29) is 29.6 Å². The average Bonchev–Trinajstić information content (AvgIpc) is 2.16. The van der Waals surface area contributed by atoms with Gasteiger partial charge in [0, 0.05) is 12.0 Å². The molecule has 4 heteroatoms. The molecule has 3 nitrogen and oxygen atoms in total. The molecule has 0 radical (unpaired) electrons. The summed E-state index contributed by atoms with van der Waals surface area (Å²) in [6, 6.07) is 0.378. The van der Waals surface area contributed by atoms with Crippen LogP contribution >= 0.6 is 12.4 Å². The number of hydrogen-bond acceptors (Lipinski definition) is 2. The third-order valence-corrected chi connectivity index (χ3v) is 3.38. The molecule has 0 spiro atoms.